The van der Waals surface area contributed by atoms with Gasteiger partial charge in [-0.2, -0.15) is 0 Å². The van der Waals surface area contributed by atoms with Crippen LogP contribution in [0.2, 0.25) is 0 Å². The second kappa shape index (κ2) is 8.27. The van der Waals surface area contributed by atoms with E-state index in [0.717, 1.165) is 11.3 Å². The maximum Gasteiger partial charge on any atom is 0.230 e. The first kappa shape index (κ1) is 18.3. The molecule has 0 fully saturated rings. The molecule has 1 heterocycles. The van der Waals surface area contributed by atoms with Crippen molar-refractivity contribution in [3.8, 4) is 28.6 Å². The number of hydrogen-bond donors (Lipinski definition) is 1. The second-order valence-corrected chi connectivity index (χ2v) is 5.71. The van der Waals surface area contributed by atoms with Crippen molar-refractivity contribution in [2.24, 2.45) is 0 Å². The molecule has 1 N–H and O–H groups in total. The predicted molar refractivity (Wildman–Crippen MR) is 100 cm³/mol. The van der Waals surface area contributed by atoms with Crippen LogP contribution < -0.4 is 19.5 Å². The summed E-state index contributed by atoms with van der Waals surface area (Å²) in [6, 6.07) is 14.2. The van der Waals surface area contributed by atoms with Crippen molar-refractivity contribution < 1.29 is 23.5 Å². The first-order chi connectivity index (χ1) is 13.1. The van der Waals surface area contributed by atoms with Gasteiger partial charge in [0.15, 0.2) is 17.3 Å². The highest BCUT2D eigenvalue weighted by Gasteiger charge is 2.13. The molecule has 0 saturated heterocycles. The van der Waals surface area contributed by atoms with Gasteiger partial charge in [0.2, 0.25) is 5.91 Å². The number of amides is 1. The lowest BCUT2D eigenvalue weighted by molar-refractivity contribution is -0.115. The Morgan fingerprint density at radius 3 is 2.37 bits per heavy atom. The molecule has 0 aliphatic rings. The molecule has 0 aliphatic heterocycles. The van der Waals surface area contributed by atoms with Crippen LogP contribution in [-0.4, -0.2) is 32.4 Å². The molecule has 0 bridgehead atoms. The van der Waals surface area contributed by atoms with Crippen molar-refractivity contribution in [2.75, 3.05) is 26.6 Å². The third-order valence-corrected chi connectivity index (χ3v) is 3.94. The monoisotopic (exact) mass is 368 g/mol. The SMILES string of the molecule is COc1ccc(NC(=O)Cc2cc(-c3ccc(OC)c(OC)c3)on2)cc1. The Hall–Kier alpha value is -3.48. The normalized spacial score (nSPS) is 10.3. The van der Waals surface area contributed by atoms with Crippen LogP contribution in [-0.2, 0) is 11.2 Å². The lowest BCUT2D eigenvalue weighted by Gasteiger charge is -2.07. The molecule has 0 saturated carbocycles. The molecule has 7 nitrogen and oxygen atoms in total. The average molecular weight is 368 g/mol. The van der Waals surface area contributed by atoms with E-state index in [2.05, 4.69) is 10.5 Å². The second-order valence-electron chi connectivity index (χ2n) is 5.71. The molecular weight excluding hydrogens is 348 g/mol. The zero-order valence-electron chi connectivity index (χ0n) is 15.3. The summed E-state index contributed by atoms with van der Waals surface area (Å²) >= 11 is 0. The van der Waals surface area contributed by atoms with E-state index < -0.39 is 0 Å². The number of methoxy groups -OCH3 is 3. The number of anilines is 1. The number of hydrogen-bond acceptors (Lipinski definition) is 6. The summed E-state index contributed by atoms with van der Waals surface area (Å²) in [7, 11) is 4.73. The molecule has 0 radical (unpaired) electrons. The van der Waals surface area contributed by atoms with Crippen LogP contribution in [0.5, 0.6) is 17.2 Å². The first-order valence-corrected chi connectivity index (χ1v) is 8.25. The molecule has 3 rings (SSSR count). The van der Waals surface area contributed by atoms with Gasteiger partial charge < -0.3 is 24.1 Å². The van der Waals surface area contributed by atoms with Crippen molar-refractivity contribution in [2.45, 2.75) is 6.42 Å². The van der Waals surface area contributed by atoms with Crippen molar-refractivity contribution in [3.63, 3.8) is 0 Å². The molecular formula is C20H20N2O5. The third-order valence-electron chi connectivity index (χ3n) is 3.94. The molecule has 0 spiro atoms. The Morgan fingerprint density at radius 2 is 1.70 bits per heavy atom. The summed E-state index contributed by atoms with van der Waals surface area (Å²) in [6.07, 6.45) is 0.100. The number of carbonyl (C=O) groups is 1. The largest absolute Gasteiger partial charge is 0.497 e. The van der Waals surface area contributed by atoms with Gasteiger partial charge in [0, 0.05) is 17.3 Å². The van der Waals surface area contributed by atoms with E-state index in [1.54, 1.807) is 63.8 Å². The molecule has 3 aromatic rings. The van der Waals surface area contributed by atoms with E-state index in [9.17, 15) is 4.79 Å². The molecule has 1 amide bonds. The number of benzene rings is 2. The van der Waals surface area contributed by atoms with Gasteiger partial charge in [-0.05, 0) is 42.5 Å². The van der Waals surface area contributed by atoms with E-state index >= 15 is 0 Å². The van der Waals surface area contributed by atoms with Crippen molar-refractivity contribution in [3.05, 3.63) is 54.2 Å². The summed E-state index contributed by atoms with van der Waals surface area (Å²) < 4.78 is 21.0. The summed E-state index contributed by atoms with van der Waals surface area (Å²) in [5.41, 5.74) is 2.00. The van der Waals surface area contributed by atoms with Crippen molar-refractivity contribution in [1.82, 2.24) is 5.16 Å². The standard InChI is InChI=1S/C20H20N2O5/c1-24-16-7-5-14(6-8-16)21-20(23)12-15-11-18(27-22-15)13-4-9-17(25-2)19(10-13)26-3/h4-11H,12H2,1-3H3,(H,21,23). The average Bonchev–Trinajstić information content (AvgIpc) is 3.16. The fourth-order valence-corrected chi connectivity index (χ4v) is 2.56. The summed E-state index contributed by atoms with van der Waals surface area (Å²) in [6.45, 7) is 0. The van der Waals surface area contributed by atoms with E-state index in [1.165, 1.54) is 0 Å². The van der Waals surface area contributed by atoms with Crippen LogP contribution in [0.1, 0.15) is 5.69 Å². The quantitative estimate of drug-likeness (QED) is 0.687. The van der Waals surface area contributed by atoms with Crippen molar-refractivity contribution in [1.29, 1.82) is 0 Å². The van der Waals surface area contributed by atoms with Gasteiger partial charge in [0.05, 0.1) is 33.4 Å². The van der Waals surface area contributed by atoms with Crippen LogP contribution in [0.3, 0.4) is 0 Å². The maximum absolute atomic E-state index is 12.2. The minimum absolute atomic E-state index is 0.100. The highest BCUT2D eigenvalue weighted by molar-refractivity contribution is 5.92. The lowest BCUT2D eigenvalue weighted by atomic mass is 10.1. The van der Waals surface area contributed by atoms with Crippen LogP contribution >= 0.6 is 0 Å². The minimum Gasteiger partial charge on any atom is -0.497 e. The Morgan fingerprint density at radius 1 is 0.963 bits per heavy atom. The lowest BCUT2D eigenvalue weighted by Crippen LogP contribution is -2.14. The van der Waals surface area contributed by atoms with E-state index in [0.29, 0.717) is 28.6 Å². The Bertz CT molecular complexity index is 918. The van der Waals surface area contributed by atoms with E-state index in [4.69, 9.17) is 18.7 Å². The fraction of sp³-hybridized carbons (Fsp3) is 0.200. The van der Waals surface area contributed by atoms with E-state index in [1.807, 2.05) is 6.07 Å². The van der Waals surface area contributed by atoms with Crippen LogP contribution in [0.25, 0.3) is 11.3 Å². The summed E-state index contributed by atoms with van der Waals surface area (Å²) in [4.78, 5) is 12.2. The number of aromatic nitrogens is 1. The van der Waals surface area contributed by atoms with Crippen molar-refractivity contribution >= 4 is 11.6 Å². The first-order valence-electron chi connectivity index (χ1n) is 8.25. The van der Waals surface area contributed by atoms with Gasteiger partial charge in [-0.25, -0.2) is 0 Å². The van der Waals surface area contributed by atoms with Gasteiger partial charge in [0.25, 0.3) is 0 Å². The number of nitrogens with zero attached hydrogens (tertiary/aromatic N) is 1. The molecule has 7 heteroatoms. The van der Waals surface area contributed by atoms with Crippen LogP contribution in [0, 0.1) is 0 Å². The molecule has 140 valence electrons. The molecule has 0 unspecified atom stereocenters. The number of nitrogens with one attached hydrogen (secondary N) is 1. The summed E-state index contributed by atoms with van der Waals surface area (Å²) in [5.74, 6) is 2.30. The highest BCUT2D eigenvalue weighted by atomic mass is 16.5. The zero-order chi connectivity index (χ0) is 19.2. The predicted octanol–water partition coefficient (Wildman–Crippen LogP) is 3.55. The van der Waals surface area contributed by atoms with Gasteiger partial charge in [-0.15, -0.1) is 0 Å². The molecule has 27 heavy (non-hydrogen) atoms. The third kappa shape index (κ3) is 4.38. The van der Waals surface area contributed by atoms with Gasteiger partial charge in [0.1, 0.15) is 5.75 Å². The zero-order valence-corrected chi connectivity index (χ0v) is 15.3. The van der Waals surface area contributed by atoms with Crippen LogP contribution in [0.15, 0.2) is 53.1 Å². The Kier molecular flexibility index (Phi) is 5.61. The van der Waals surface area contributed by atoms with Gasteiger partial charge in [-0.1, -0.05) is 5.16 Å². The number of rotatable bonds is 7. The molecule has 1 aromatic heterocycles. The smallest absolute Gasteiger partial charge is 0.230 e. The van der Waals surface area contributed by atoms with E-state index in [-0.39, 0.29) is 12.3 Å². The number of ether oxygens (including phenoxy) is 3. The Balaban J connectivity index is 1.67. The Labute approximate surface area is 156 Å². The number of carbonyl (C=O) groups excluding carboxylic acids is 1. The molecule has 0 atom stereocenters. The topological polar surface area (TPSA) is 82.8 Å². The van der Waals surface area contributed by atoms with Crippen LogP contribution in [0.4, 0.5) is 5.69 Å². The fourth-order valence-electron chi connectivity index (χ4n) is 2.56. The summed E-state index contributed by atoms with van der Waals surface area (Å²) in [5, 5.41) is 6.78. The van der Waals surface area contributed by atoms with Gasteiger partial charge in [-0.3, -0.25) is 4.79 Å². The maximum atomic E-state index is 12.2. The molecule has 2 aromatic carbocycles. The highest BCUT2D eigenvalue weighted by Crippen LogP contribution is 2.32. The van der Waals surface area contributed by atoms with Gasteiger partial charge >= 0.3 is 0 Å². The molecule has 0 aliphatic carbocycles. The minimum atomic E-state index is -0.188.